The van der Waals surface area contributed by atoms with E-state index < -0.39 is 5.54 Å². The van der Waals surface area contributed by atoms with Gasteiger partial charge in [-0.15, -0.1) is 0 Å². The Bertz CT molecular complexity index is 613. The molecule has 0 aromatic heterocycles. The summed E-state index contributed by atoms with van der Waals surface area (Å²) in [5.41, 5.74) is 0.329. The molecule has 1 fully saturated rings. The lowest BCUT2D eigenvalue weighted by molar-refractivity contribution is -0.134. The predicted molar refractivity (Wildman–Crippen MR) is 130 cm³/mol. The number of urea groups is 1. The molecular formula is C25H48N4O2. The van der Waals surface area contributed by atoms with E-state index >= 15 is 0 Å². The smallest absolute Gasteiger partial charge is 0.296 e. The van der Waals surface area contributed by atoms with E-state index in [1.54, 1.807) is 4.90 Å². The van der Waals surface area contributed by atoms with Crippen LogP contribution in [0.15, 0.2) is 11.6 Å². The monoisotopic (exact) mass is 436 g/mol. The molecule has 0 aliphatic carbocycles. The van der Waals surface area contributed by atoms with Gasteiger partial charge in [-0.1, -0.05) is 39.3 Å². The quantitative estimate of drug-likeness (QED) is 0.283. The second-order valence-electron chi connectivity index (χ2n) is 10.7. The highest BCUT2D eigenvalue weighted by atomic mass is 16.2. The number of nitrogens with zero attached hydrogens (tertiary/aromatic N) is 4. The summed E-state index contributed by atoms with van der Waals surface area (Å²) in [6, 6.07) is -0.166. The fraction of sp³-hybridized carbons (Fsp3) is 0.840. The maximum absolute atomic E-state index is 13.5. The van der Waals surface area contributed by atoms with Crippen LogP contribution in [0.1, 0.15) is 80.6 Å². The summed E-state index contributed by atoms with van der Waals surface area (Å²) in [4.78, 5) is 34.3. The number of hydrogen-bond acceptors (Lipinski definition) is 4. The highest BCUT2D eigenvalue weighted by Crippen LogP contribution is 2.32. The van der Waals surface area contributed by atoms with Crippen LogP contribution in [-0.2, 0) is 4.79 Å². The Morgan fingerprint density at radius 3 is 1.87 bits per heavy atom. The topological polar surface area (TPSA) is 47.1 Å². The SMILES string of the molecule is CC(C)=CCC1(C)C(=O)N(CN(C)CCCC(C)C)C(=O)N1CN(C)CCCC(C)C. The van der Waals surface area contributed by atoms with Crippen LogP contribution >= 0.6 is 0 Å². The molecule has 1 aliphatic heterocycles. The van der Waals surface area contributed by atoms with Crippen LogP contribution in [0.4, 0.5) is 4.79 Å². The Kier molecular flexibility index (Phi) is 11.2. The molecule has 0 bridgehead atoms. The highest BCUT2D eigenvalue weighted by Gasteiger charge is 2.53. The van der Waals surface area contributed by atoms with Gasteiger partial charge in [0.25, 0.3) is 5.91 Å². The second kappa shape index (κ2) is 12.6. The van der Waals surface area contributed by atoms with Crippen molar-refractivity contribution in [2.45, 2.75) is 86.1 Å². The van der Waals surface area contributed by atoms with Crippen molar-refractivity contribution < 1.29 is 9.59 Å². The van der Waals surface area contributed by atoms with Crippen molar-refractivity contribution in [3.05, 3.63) is 11.6 Å². The largest absolute Gasteiger partial charge is 0.329 e. The Morgan fingerprint density at radius 1 is 0.935 bits per heavy atom. The van der Waals surface area contributed by atoms with Crippen molar-refractivity contribution in [2.24, 2.45) is 11.8 Å². The summed E-state index contributed by atoms with van der Waals surface area (Å²) < 4.78 is 0. The van der Waals surface area contributed by atoms with Crippen LogP contribution in [0.2, 0.25) is 0 Å². The zero-order valence-corrected chi connectivity index (χ0v) is 21.7. The molecule has 1 atom stereocenters. The molecule has 0 aromatic rings. The molecule has 1 aliphatic rings. The van der Waals surface area contributed by atoms with Crippen LogP contribution in [0, 0.1) is 11.8 Å². The van der Waals surface area contributed by atoms with E-state index in [0.29, 0.717) is 31.6 Å². The lowest BCUT2D eigenvalue weighted by Gasteiger charge is -2.34. The molecule has 0 spiro atoms. The molecule has 180 valence electrons. The van der Waals surface area contributed by atoms with Crippen molar-refractivity contribution in [1.82, 2.24) is 19.6 Å². The van der Waals surface area contributed by atoms with Gasteiger partial charge in [-0.3, -0.25) is 19.5 Å². The molecule has 31 heavy (non-hydrogen) atoms. The maximum Gasteiger partial charge on any atom is 0.329 e. The number of imide groups is 1. The van der Waals surface area contributed by atoms with Crippen molar-refractivity contribution >= 4 is 11.9 Å². The van der Waals surface area contributed by atoms with Gasteiger partial charge >= 0.3 is 6.03 Å². The summed E-state index contributed by atoms with van der Waals surface area (Å²) in [5, 5.41) is 0. The van der Waals surface area contributed by atoms with E-state index in [2.05, 4.69) is 43.6 Å². The van der Waals surface area contributed by atoms with Gasteiger partial charge in [-0.25, -0.2) is 9.69 Å². The van der Waals surface area contributed by atoms with Crippen LogP contribution in [0.25, 0.3) is 0 Å². The number of amides is 3. The van der Waals surface area contributed by atoms with E-state index in [0.717, 1.165) is 37.9 Å². The van der Waals surface area contributed by atoms with E-state index in [1.807, 2.05) is 34.9 Å². The van der Waals surface area contributed by atoms with Crippen LogP contribution in [0.5, 0.6) is 0 Å². The highest BCUT2D eigenvalue weighted by molar-refractivity contribution is 6.06. The molecule has 6 nitrogen and oxygen atoms in total. The molecular weight excluding hydrogens is 388 g/mol. The van der Waals surface area contributed by atoms with Gasteiger partial charge in [0.1, 0.15) is 5.54 Å². The minimum absolute atomic E-state index is 0.0821. The van der Waals surface area contributed by atoms with Crippen LogP contribution < -0.4 is 0 Å². The number of carbonyl (C=O) groups is 2. The third kappa shape index (κ3) is 8.57. The summed E-state index contributed by atoms with van der Waals surface area (Å²) in [7, 11) is 4.04. The van der Waals surface area contributed by atoms with Crippen LogP contribution in [-0.4, -0.2) is 77.6 Å². The molecule has 0 saturated carbocycles. The zero-order chi connectivity index (χ0) is 23.8. The average molecular weight is 437 g/mol. The maximum atomic E-state index is 13.5. The minimum atomic E-state index is -0.834. The van der Waals surface area contributed by atoms with Gasteiger partial charge < -0.3 is 0 Å². The summed E-state index contributed by atoms with van der Waals surface area (Å²) in [5.74, 6) is 1.26. The fourth-order valence-corrected chi connectivity index (χ4v) is 3.95. The standard InChI is InChI=1S/C25H48N4O2/c1-20(2)12-10-16-26(8)18-28-23(30)25(7,15-14-22(5)6)29(24(28)31)19-27(9)17-11-13-21(3)4/h14,20-21H,10-13,15-19H2,1-9H3. The molecule has 0 radical (unpaired) electrons. The molecule has 6 heteroatoms. The lowest BCUT2D eigenvalue weighted by Crippen LogP contribution is -2.50. The zero-order valence-electron chi connectivity index (χ0n) is 21.7. The third-order valence-electron chi connectivity index (χ3n) is 6.08. The van der Waals surface area contributed by atoms with Gasteiger partial charge in [0, 0.05) is 0 Å². The Balaban J connectivity index is 2.92. The van der Waals surface area contributed by atoms with Crippen molar-refractivity contribution in [3.63, 3.8) is 0 Å². The fourth-order valence-electron chi connectivity index (χ4n) is 3.95. The van der Waals surface area contributed by atoms with E-state index in [1.165, 1.54) is 11.3 Å². The van der Waals surface area contributed by atoms with Gasteiger partial charge in [0.15, 0.2) is 0 Å². The second-order valence-corrected chi connectivity index (χ2v) is 10.7. The summed E-state index contributed by atoms with van der Waals surface area (Å²) in [6.07, 6.45) is 7.11. The third-order valence-corrected chi connectivity index (χ3v) is 6.08. The van der Waals surface area contributed by atoms with Gasteiger partial charge in [0.05, 0.1) is 13.3 Å². The summed E-state index contributed by atoms with van der Waals surface area (Å²) >= 11 is 0. The Morgan fingerprint density at radius 2 is 1.42 bits per heavy atom. The first kappa shape index (κ1) is 27.6. The number of hydrogen-bond donors (Lipinski definition) is 0. The van der Waals surface area contributed by atoms with E-state index in [9.17, 15) is 9.59 Å². The molecule has 3 amide bonds. The number of allylic oxidation sites excluding steroid dienone is 1. The van der Waals surface area contributed by atoms with Gasteiger partial charge in [0.2, 0.25) is 0 Å². The first-order valence-electron chi connectivity index (χ1n) is 12.0. The molecule has 1 unspecified atom stereocenters. The molecule has 0 N–H and O–H groups in total. The first-order chi connectivity index (χ1) is 14.4. The normalized spacial score (nSPS) is 19.6. The minimum Gasteiger partial charge on any atom is -0.296 e. The molecule has 1 saturated heterocycles. The van der Waals surface area contributed by atoms with Gasteiger partial charge in [-0.2, -0.15) is 0 Å². The Hall–Kier alpha value is -1.40. The van der Waals surface area contributed by atoms with E-state index in [-0.39, 0.29) is 11.9 Å². The molecule has 1 heterocycles. The van der Waals surface area contributed by atoms with Crippen LogP contribution in [0.3, 0.4) is 0 Å². The summed E-state index contributed by atoms with van der Waals surface area (Å²) in [6.45, 7) is 17.5. The number of rotatable bonds is 14. The van der Waals surface area contributed by atoms with Crippen molar-refractivity contribution in [2.75, 3.05) is 40.5 Å². The predicted octanol–water partition coefficient (Wildman–Crippen LogP) is 5.02. The first-order valence-corrected chi connectivity index (χ1v) is 12.0. The van der Waals surface area contributed by atoms with Crippen molar-refractivity contribution in [3.8, 4) is 0 Å². The van der Waals surface area contributed by atoms with E-state index in [4.69, 9.17) is 0 Å². The number of carbonyl (C=O) groups excluding carboxylic acids is 2. The molecule has 1 rings (SSSR count). The van der Waals surface area contributed by atoms with Crippen molar-refractivity contribution in [1.29, 1.82) is 0 Å². The average Bonchev–Trinajstić information content (AvgIpc) is 2.82. The molecule has 0 aromatic carbocycles. The lowest BCUT2D eigenvalue weighted by atomic mass is 9.95. The Labute approximate surface area is 191 Å². The van der Waals surface area contributed by atoms with Gasteiger partial charge in [-0.05, 0) is 91.9 Å².